The van der Waals surface area contributed by atoms with E-state index in [4.69, 9.17) is 18.0 Å². The van der Waals surface area contributed by atoms with E-state index in [1.807, 2.05) is 11.8 Å². The summed E-state index contributed by atoms with van der Waals surface area (Å²) < 4.78 is 0. The summed E-state index contributed by atoms with van der Waals surface area (Å²) in [4.78, 5) is 3.18. The van der Waals surface area contributed by atoms with E-state index in [1.54, 1.807) is 0 Å². The molecule has 2 N–H and O–H groups in total. The van der Waals surface area contributed by atoms with Gasteiger partial charge in [0.15, 0.2) is 0 Å². The first-order valence-corrected chi connectivity index (χ1v) is 6.40. The molecule has 13 heavy (non-hydrogen) atoms. The maximum absolute atomic E-state index is 5.58. The van der Waals surface area contributed by atoms with Crippen molar-refractivity contribution in [1.82, 2.24) is 4.90 Å². The van der Waals surface area contributed by atoms with E-state index in [1.165, 1.54) is 24.6 Å². The second-order valence-corrected chi connectivity index (χ2v) is 5.13. The summed E-state index contributed by atoms with van der Waals surface area (Å²) in [6.07, 6.45) is 2.04. The largest absolute Gasteiger partial charge is 0.393 e. The second kappa shape index (κ2) is 5.83. The van der Waals surface area contributed by atoms with E-state index in [2.05, 4.69) is 11.8 Å². The van der Waals surface area contributed by atoms with Crippen molar-refractivity contribution in [2.75, 3.05) is 24.6 Å². The standard InChI is InChI=1S/C9H18N2S2/c1-2-8(7-9(10)12)11-3-5-13-6-4-11/h8H,2-7H2,1H3,(H2,10,12). The molecular formula is C9H18N2S2. The quantitative estimate of drug-likeness (QED) is 0.724. The number of rotatable bonds is 4. The Kier molecular flexibility index (Phi) is 5.06. The third kappa shape index (κ3) is 3.83. The molecule has 0 bridgehead atoms. The van der Waals surface area contributed by atoms with Gasteiger partial charge in [-0.3, -0.25) is 4.90 Å². The summed E-state index contributed by atoms with van der Waals surface area (Å²) in [5, 5.41) is 0. The van der Waals surface area contributed by atoms with Gasteiger partial charge in [0.2, 0.25) is 0 Å². The molecule has 1 fully saturated rings. The maximum Gasteiger partial charge on any atom is 0.0743 e. The van der Waals surface area contributed by atoms with Crippen LogP contribution in [0.5, 0.6) is 0 Å². The first-order valence-electron chi connectivity index (χ1n) is 4.84. The highest BCUT2D eigenvalue weighted by Gasteiger charge is 2.19. The van der Waals surface area contributed by atoms with Gasteiger partial charge in [-0.1, -0.05) is 19.1 Å². The van der Waals surface area contributed by atoms with Crippen LogP contribution in [-0.2, 0) is 0 Å². The lowest BCUT2D eigenvalue weighted by atomic mass is 10.1. The number of nitrogens with two attached hydrogens (primary N) is 1. The zero-order valence-corrected chi connectivity index (χ0v) is 9.79. The number of hydrogen-bond donors (Lipinski definition) is 1. The van der Waals surface area contributed by atoms with Gasteiger partial charge in [-0.05, 0) is 6.42 Å². The van der Waals surface area contributed by atoms with Crippen LogP contribution in [0.2, 0.25) is 0 Å². The Balaban J connectivity index is 2.39. The van der Waals surface area contributed by atoms with Gasteiger partial charge in [0, 0.05) is 37.1 Å². The summed E-state index contributed by atoms with van der Waals surface area (Å²) in [6, 6.07) is 0.582. The number of hydrogen-bond acceptors (Lipinski definition) is 3. The van der Waals surface area contributed by atoms with Gasteiger partial charge in [-0.2, -0.15) is 11.8 Å². The second-order valence-electron chi connectivity index (χ2n) is 3.38. The molecular weight excluding hydrogens is 200 g/mol. The predicted octanol–water partition coefficient (Wildman–Crippen LogP) is 1.49. The molecule has 1 rings (SSSR count). The van der Waals surface area contributed by atoms with Crippen LogP contribution in [0, 0.1) is 0 Å². The highest BCUT2D eigenvalue weighted by Crippen LogP contribution is 2.16. The van der Waals surface area contributed by atoms with E-state index in [0.29, 0.717) is 11.0 Å². The molecule has 0 aliphatic carbocycles. The number of nitrogens with zero attached hydrogens (tertiary/aromatic N) is 1. The molecule has 1 atom stereocenters. The molecule has 2 nitrogen and oxygen atoms in total. The van der Waals surface area contributed by atoms with Crippen LogP contribution in [0.15, 0.2) is 0 Å². The molecule has 0 aromatic rings. The lowest BCUT2D eigenvalue weighted by molar-refractivity contribution is 0.215. The van der Waals surface area contributed by atoms with E-state index < -0.39 is 0 Å². The zero-order chi connectivity index (χ0) is 9.68. The minimum atomic E-state index is 0.582. The molecule has 76 valence electrons. The van der Waals surface area contributed by atoms with Gasteiger partial charge in [0.1, 0.15) is 0 Å². The molecule has 1 aliphatic heterocycles. The van der Waals surface area contributed by atoms with Crippen molar-refractivity contribution in [2.24, 2.45) is 5.73 Å². The molecule has 4 heteroatoms. The van der Waals surface area contributed by atoms with Crippen LogP contribution in [-0.4, -0.2) is 40.5 Å². The molecule has 0 amide bonds. The van der Waals surface area contributed by atoms with Crippen LogP contribution < -0.4 is 5.73 Å². The molecule has 0 aromatic carbocycles. The summed E-state index contributed by atoms with van der Waals surface area (Å²) in [5.74, 6) is 2.52. The first-order chi connectivity index (χ1) is 6.24. The highest BCUT2D eigenvalue weighted by atomic mass is 32.2. The lowest BCUT2D eigenvalue weighted by Crippen LogP contribution is -2.42. The van der Waals surface area contributed by atoms with Crippen molar-refractivity contribution < 1.29 is 0 Å². The number of thioether (sulfide) groups is 1. The SMILES string of the molecule is CCC(CC(N)=S)N1CCSCC1. The molecule has 0 aromatic heterocycles. The summed E-state index contributed by atoms with van der Waals surface area (Å²) in [6.45, 7) is 4.61. The Hall–Kier alpha value is 0.200. The van der Waals surface area contributed by atoms with Crippen molar-refractivity contribution in [2.45, 2.75) is 25.8 Å². The van der Waals surface area contributed by atoms with E-state index in [-0.39, 0.29) is 0 Å². The van der Waals surface area contributed by atoms with Crippen LogP contribution in [0.4, 0.5) is 0 Å². The van der Waals surface area contributed by atoms with Crippen LogP contribution in [0.25, 0.3) is 0 Å². The van der Waals surface area contributed by atoms with Crippen LogP contribution in [0.3, 0.4) is 0 Å². The lowest BCUT2D eigenvalue weighted by Gasteiger charge is -2.33. The van der Waals surface area contributed by atoms with Gasteiger partial charge in [0.25, 0.3) is 0 Å². The summed E-state index contributed by atoms with van der Waals surface area (Å²) in [7, 11) is 0. The normalized spacial score (nSPS) is 21.3. The van der Waals surface area contributed by atoms with Gasteiger partial charge in [0.05, 0.1) is 4.99 Å². The Morgan fingerprint density at radius 3 is 2.62 bits per heavy atom. The smallest absolute Gasteiger partial charge is 0.0743 e. The summed E-state index contributed by atoms with van der Waals surface area (Å²) >= 11 is 6.99. The Morgan fingerprint density at radius 2 is 2.15 bits per heavy atom. The molecule has 1 aliphatic rings. The van der Waals surface area contributed by atoms with Crippen molar-refractivity contribution in [3.63, 3.8) is 0 Å². The van der Waals surface area contributed by atoms with Crippen molar-refractivity contribution in [1.29, 1.82) is 0 Å². The molecule has 0 spiro atoms. The van der Waals surface area contributed by atoms with E-state index >= 15 is 0 Å². The average molecular weight is 218 g/mol. The van der Waals surface area contributed by atoms with Gasteiger partial charge < -0.3 is 5.73 Å². The maximum atomic E-state index is 5.58. The third-order valence-electron chi connectivity index (χ3n) is 2.47. The first kappa shape index (κ1) is 11.3. The van der Waals surface area contributed by atoms with Gasteiger partial charge in [-0.25, -0.2) is 0 Å². The fraction of sp³-hybridized carbons (Fsp3) is 0.889. The fourth-order valence-corrected chi connectivity index (χ4v) is 2.83. The van der Waals surface area contributed by atoms with Crippen molar-refractivity contribution in [3.8, 4) is 0 Å². The molecule has 1 heterocycles. The van der Waals surface area contributed by atoms with Gasteiger partial charge in [-0.15, -0.1) is 0 Å². The van der Waals surface area contributed by atoms with Gasteiger partial charge >= 0.3 is 0 Å². The minimum Gasteiger partial charge on any atom is -0.393 e. The Morgan fingerprint density at radius 1 is 1.54 bits per heavy atom. The monoisotopic (exact) mass is 218 g/mol. The molecule has 0 saturated carbocycles. The summed E-state index contributed by atoms with van der Waals surface area (Å²) in [5.41, 5.74) is 5.58. The Bertz CT molecular complexity index is 167. The molecule has 0 radical (unpaired) electrons. The zero-order valence-electron chi connectivity index (χ0n) is 8.16. The van der Waals surface area contributed by atoms with E-state index in [9.17, 15) is 0 Å². The number of thiocarbonyl (C=S) groups is 1. The van der Waals surface area contributed by atoms with Crippen molar-refractivity contribution in [3.05, 3.63) is 0 Å². The third-order valence-corrected chi connectivity index (χ3v) is 3.58. The molecule has 1 saturated heterocycles. The van der Waals surface area contributed by atoms with Crippen molar-refractivity contribution >= 4 is 29.0 Å². The van der Waals surface area contributed by atoms with E-state index in [0.717, 1.165) is 12.8 Å². The predicted molar refractivity (Wildman–Crippen MR) is 64.4 cm³/mol. The Labute approximate surface area is 90.2 Å². The average Bonchev–Trinajstić information content (AvgIpc) is 2.15. The van der Waals surface area contributed by atoms with Crippen LogP contribution in [0.1, 0.15) is 19.8 Å². The fourth-order valence-electron chi connectivity index (χ4n) is 1.71. The highest BCUT2D eigenvalue weighted by molar-refractivity contribution is 7.99. The van der Waals surface area contributed by atoms with Crippen LogP contribution >= 0.6 is 24.0 Å². The topological polar surface area (TPSA) is 29.3 Å². The molecule has 1 unspecified atom stereocenters. The minimum absolute atomic E-state index is 0.582.